The summed E-state index contributed by atoms with van der Waals surface area (Å²) in [5.74, 6) is -0.442. The fraction of sp³-hybridized carbons (Fsp3) is 0.143. The Morgan fingerprint density at radius 1 is 1.20 bits per heavy atom. The van der Waals surface area contributed by atoms with E-state index in [4.69, 9.17) is 11.6 Å². The van der Waals surface area contributed by atoms with Crippen molar-refractivity contribution in [1.82, 2.24) is 19.7 Å². The Kier molecular flexibility index (Phi) is 5.33. The molecule has 0 saturated carbocycles. The van der Waals surface area contributed by atoms with Crippen LogP contribution in [0.1, 0.15) is 28.9 Å². The second kappa shape index (κ2) is 8.08. The van der Waals surface area contributed by atoms with Gasteiger partial charge in [0.15, 0.2) is 5.65 Å². The van der Waals surface area contributed by atoms with Crippen molar-refractivity contribution in [1.29, 1.82) is 0 Å². The number of rotatable bonds is 5. The molecule has 7 nitrogen and oxygen atoms in total. The lowest BCUT2D eigenvalue weighted by Gasteiger charge is -2.16. The van der Waals surface area contributed by atoms with E-state index in [1.807, 2.05) is 32.2 Å². The number of halogens is 2. The van der Waals surface area contributed by atoms with Crippen molar-refractivity contribution in [2.24, 2.45) is 7.05 Å². The van der Waals surface area contributed by atoms with Crippen LogP contribution in [0.15, 0.2) is 54.9 Å². The lowest BCUT2D eigenvalue weighted by molar-refractivity contribution is 0.102. The summed E-state index contributed by atoms with van der Waals surface area (Å²) in [7, 11) is 1.81. The lowest BCUT2D eigenvalue weighted by atomic mass is 10.1. The number of nitrogens with zero attached hydrogens (tertiary/aromatic N) is 4. The molecule has 0 radical (unpaired) electrons. The summed E-state index contributed by atoms with van der Waals surface area (Å²) in [6.45, 7) is 1.98. The van der Waals surface area contributed by atoms with Crippen LogP contribution in [0.3, 0.4) is 0 Å². The van der Waals surface area contributed by atoms with Crippen LogP contribution in [0.25, 0.3) is 11.2 Å². The average molecular weight is 425 g/mol. The number of amides is 1. The van der Waals surface area contributed by atoms with Crippen LogP contribution in [-0.2, 0) is 7.05 Å². The van der Waals surface area contributed by atoms with Gasteiger partial charge in [-0.25, -0.2) is 19.0 Å². The fourth-order valence-electron chi connectivity index (χ4n) is 3.01. The van der Waals surface area contributed by atoms with Crippen molar-refractivity contribution in [3.63, 3.8) is 0 Å². The summed E-state index contributed by atoms with van der Waals surface area (Å²) in [6, 6.07) is 11.2. The minimum absolute atomic E-state index is 0.0270. The molecule has 2 N–H and O–H groups in total. The minimum Gasteiger partial charge on any atom is -0.362 e. The normalized spacial score (nSPS) is 12.0. The van der Waals surface area contributed by atoms with E-state index in [2.05, 4.69) is 25.7 Å². The first-order chi connectivity index (χ1) is 14.4. The highest BCUT2D eigenvalue weighted by Gasteiger charge is 2.12. The van der Waals surface area contributed by atoms with Crippen LogP contribution in [0.2, 0.25) is 5.02 Å². The van der Waals surface area contributed by atoms with Crippen molar-refractivity contribution in [2.75, 3.05) is 10.6 Å². The largest absolute Gasteiger partial charge is 0.362 e. The van der Waals surface area contributed by atoms with Gasteiger partial charge in [-0.1, -0.05) is 23.7 Å². The van der Waals surface area contributed by atoms with E-state index in [1.165, 1.54) is 12.1 Å². The van der Waals surface area contributed by atoms with Gasteiger partial charge in [-0.15, -0.1) is 0 Å². The molecule has 152 valence electrons. The molecule has 2 aromatic carbocycles. The molecule has 0 bridgehead atoms. The molecule has 4 rings (SSSR count). The molecule has 2 aromatic heterocycles. The highest BCUT2D eigenvalue weighted by atomic mass is 35.5. The molecule has 1 atom stereocenters. The third-order valence-electron chi connectivity index (χ3n) is 4.63. The molecule has 0 fully saturated rings. The van der Waals surface area contributed by atoms with E-state index in [-0.39, 0.29) is 16.6 Å². The third-order valence-corrected chi connectivity index (χ3v) is 4.94. The monoisotopic (exact) mass is 424 g/mol. The number of aromatic nitrogens is 4. The van der Waals surface area contributed by atoms with Crippen LogP contribution in [0, 0.1) is 5.82 Å². The molecule has 9 heteroatoms. The number of fused-ring (bicyclic) bond motifs is 1. The van der Waals surface area contributed by atoms with E-state index in [0.717, 1.165) is 17.1 Å². The van der Waals surface area contributed by atoms with Gasteiger partial charge in [0.25, 0.3) is 5.91 Å². The topological polar surface area (TPSA) is 84.7 Å². The Bertz CT molecular complexity index is 1240. The van der Waals surface area contributed by atoms with E-state index in [0.29, 0.717) is 17.2 Å². The van der Waals surface area contributed by atoms with Gasteiger partial charge in [0.05, 0.1) is 23.5 Å². The zero-order valence-electron chi connectivity index (χ0n) is 16.2. The van der Waals surface area contributed by atoms with Crippen LogP contribution in [0.5, 0.6) is 0 Å². The Morgan fingerprint density at radius 2 is 2.03 bits per heavy atom. The third kappa shape index (κ3) is 4.08. The molecule has 1 unspecified atom stereocenters. The van der Waals surface area contributed by atoms with Gasteiger partial charge >= 0.3 is 0 Å². The number of nitrogens with one attached hydrogen (secondary N) is 2. The molecule has 0 spiro atoms. The van der Waals surface area contributed by atoms with Gasteiger partial charge in [-0.05, 0) is 42.8 Å². The Hall–Kier alpha value is -3.52. The summed E-state index contributed by atoms with van der Waals surface area (Å²) in [5.41, 5.74) is 3.12. The quantitative estimate of drug-likeness (QED) is 0.489. The Balaban J connectivity index is 1.49. The predicted octanol–water partition coefficient (Wildman–Crippen LogP) is 4.58. The average Bonchev–Trinajstić information content (AvgIpc) is 3.10. The molecule has 1 amide bonds. The Labute approximate surface area is 176 Å². The SMILES string of the molecule is CC(Nc1cnc2cnn(C)c2n1)c1cccc(NC(=O)c2ccc(Cl)c(F)c2)c1. The molecule has 0 saturated heterocycles. The van der Waals surface area contributed by atoms with Crippen molar-refractivity contribution >= 4 is 40.2 Å². The fourth-order valence-corrected chi connectivity index (χ4v) is 3.13. The minimum atomic E-state index is -0.637. The summed E-state index contributed by atoms with van der Waals surface area (Å²) in [4.78, 5) is 21.3. The number of benzene rings is 2. The van der Waals surface area contributed by atoms with Gasteiger partial charge in [-0.2, -0.15) is 5.10 Å². The molecule has 2 heterocycles. The molecule has 30 heavy (non-hydrogen) atoms. The summed E-state index contributed by atoms with van der Waals surface area (Å²) >= 11 is 5.67. The number of carbonyl (C=O) groups excluding carboxylic acids is 1. The number of aryl methyl sites for hydroxylation is 1. The van der Waals surface area contributed by atoms with E-state index in [1.54, 1.807) is 23.1 Å². The number of hydrogen-bond acceptors (Lipinski definition) is 5. The van der Waals surface area contributed by atoms with Crippen molar-refractivity contribution < 1.29 is 9.18 Å². The summed E-state index contributed by atoms with van der Waals surface area (Å²) in [5, 5.41) is 10.2. The first kappa shape index (κ1) is 19.8. The molecular formula is C21H18ClFN6O. The zero-order chi connectivity index (χ0) is 21.3. The molecule has 0 aliphatic carbocycles. The van der Waals surface area contributed by atoms with Crippen molar-refractivity contribution in [3.8, 4) is 0 Å². The molecule has 0 aliphatic rings. The van der Waals surface area contributed by atoms with Crippen LogP contribution in [-0.4, -0.2) is 25.7 Å². The van der Waals surface area contributed by atoms with E-state index < -0.39 is 11.7 Å². The van der Waals surface area contributed by atoms with E-state index >= 15 is 0 Å². The van der Waals surface area contributed by atoms with Gasteiger partial charge < -0.3 is 10.6 Å². The molecule has 4 aromatic rings. The second-order valence-corrected chi connectivity index (χ2v) is 7.21. The van der Waals surface area contributed by atoms with Gasteiger partial charge in [0.1, 0.15) is 17.2 Å². The summed E-state index contributed by atoms with van der Waals surface area (Å²) < 4.78 is 15.3. The zero-order valence-corrected chi connectivity index (χ0v) is 17.0. The van der Waals surface area contributed by atoms with Gasteiger partial charge in [-0.3, -0.25) is 4.79 Å². The first-order valence-electron chi connectivity index (χ1n) is 9.18. The predicted molar refractivity (Wildman–Crippen MR) is 114 cm³/mol. The standard InChI is InChI=1S/C21H18ClFN6O/c1-12(26-19-11-24-18-10-25-29(2)20(18)28-19)13-4-3-5-15(8-13)27-21(30)14-6-7-16(22)17(23)9-14/h3-12H,1-2H3,(H,26,28)(H,27,30). The van der Waals surface area contributed by atoms with Gasteiger partial charge in [0.2, 0.25) is 0 Å². The maximum atomic E-state index is 13.6. The number of carbonyl (C=O) groups is 1. The van der Waals surface area contributed by atoms with Crippen LogP contribution >= 0.6 is 11.6 Å². The van der Waals surface area contributed by atoms with Crippen molar-refractivity contribution in [2.45, 2.75) is 13.0 Å². The smallest absolute Gasteiger partial charge is 0.255 e. The highest BCUT2D eigenvalue weighted by molar-refractivity contribution is 6.30. The Morgan fingerprint density at radius 3 is 2.83 bits per heavy atom. The number of hydrogen-bond donors (Lipinski definition) is 2. The number of anilines is 2. The van der Waals surface area contributed by atoms with Crippen molar-refractivity contribution in [3.05, 3.63) is 76.8 Å². The van der Waals surface area contributed by atoms with Crippen LogP contribution < -0.4 is 10.6 Å². The first-order valence-corrected chi connectivity index (χ1v) is 9.56. The molecular weight excluding hydrogens is 407 g/mol. The van der Waals surface area contributed by atoms with Gasteiger partial charge in [0, 0.05) is 18.3 Å². The highest BCUT2D eigenvalue weighted by Crippen LogP contribution is 2.23. The second-order valence-electron chi connectivity index (χ2n) is 6.81. The summed E-state index contributed by atoms with van der Waals surface area (Å²) in [6.07, 6.45) is 3.31. The van der Waals surface area contributed by atoms with Crippen LogP contribution in [0.4, 0.5) is 15.9 Å². The van der Waals surface area contributed by atoms with E-state index in [9.17, 15) is 9.18 Å². The lowest BCUT2D eigenvalue weighted by Crippen LogP contribution is -2.13. The maximum Gasteiger partial charge on any atom is 0.255 e. The maximum absolute atomic E-state index is 13.6. The molecule has 0 aliphatic heterocycles.